The van der Waals surface area contributed by atoms with Gasteiger partial charge in [0.05, 0.1) is 16.7 Å². The fourth-order valence-electron chi connectivity index (χ4n) is 3.73. The molecule has 1 fully saturated rings. The summed E-state index contributed by atoms with van der Waals surface area (Å²) in [5.41, 5.74) is 2.21. The summed E-state index contributed by atoms with van der Waals surface area (Å²) in [5.74, 6) is -0.0174. The molecule has 1 aromatic heterocycles. The first kappa shape index (κ1) is 19.4. The molecule has 4 rings (SSSR count). The Hall–Kier alpha value is -2.93. The maximum Gasteiger partial charge on any atom is 0.253 e. The number of sulfone groups is 1. The fourth-order valence-corrected chi connectivity index (χ4v) is 5.55. The number of nitrogens with zero attached hydrogens (tertiary/aromatic N) is 3. The van der Waals surface area contributed by atoms with Crippen LogP contribution in [0, 0.1) is 0 Å². The first-order valence-corrected chi connectivity index (χ1v) is 11.4. The molecule has 0 unspecified atom stereocenters. The van der Waals surface area contributed by atoms with E-state index in [2.05, 4.69) is 5.10 Å². The summed E-state index contributed by atoms with van der Waals surface area (Å²) in [5, 5.41) is 3.80. The SMILES string of the molecule is O=C(c1cccc(-n2cccn2)c1)N1CCC(S(=O)(=O)Cc2ccccc2)CC1. The molecule has 0 spiro atoms. The summed E-state index contributed by atoms with van der Waals surface area (Å²) in [7, 11) is -3.24. The van der Waals surface area contributed by atoms with E-state index in [9.17, 15) is 13.2 Å². The maximum absolute atomic E-state index is 12.9. The first-order chi connectivity index (χ1) is 14.0. The van der Waals surface area contributed by atoms with Crippen LogP contribution in [-0.2, 0) is 15.6 Å². The van der Waals surface area contributed by atoms with Gasteiger partial charge in [-0.15, -0.1) is 0 Å². The van der Waals surface area contributed by atoms with E-state index in [-0.39, 0.29) is 11.7 Å². The van der Waals surface area contributed by atoms with E-state index < -0.39 is 15.1 Å². The lowest BCUT2D eigenvalue weighted by Crippen LogP contribution is -2.42. The average molecular weight is 410 g/mol. The molecule has 0 saturated carbocycles. The van der Waals surface area contributed by atoms with Gasteiger partial charge in [0.15, 0.2) is 9.84 Å². The van der Waals surface area contributed by atoms with Gasteiger partial charge in [-0.3, -0.25) is 4.79 Å². The van der Waals surface area contributed by atoms with Crippen LogP contribution in [0.25, 0.3) is 5.69 Å². The van der Waals surface area contributed by atoms with Gasteiger partial charge in [0, 0.05) is 31.0 Å². The highest BCUT2D eigenvalue weighted by atomic mass is 32.2. The molecule has 0 atom stereocenters. The normalized spacial score (nSPS) is 15.4. The van der Waals surface area contributed by atoms with Gasteiger partial charge in [0.25, 0.3) is 5.91 Å². The lowest BCUT2D eigenvalue weighted by Gasteiger charge is -2.32. The summed E-state index contributed by atoms with van der Waals surface area (Å²) in [4.78, 5) is 14.7. The molecule has 1 saturated heterocycles. The molecule has 0 aliphatic carbocycles. The van der Waals surface area contributed by atoms with Gasteiger partial charge in [0.2, 0.25) is 0 Å². The van der Waals surface area contributed by atoms with Crippen LogP contribution in [0.15, 0.2) is 73.1 Å². The van der Waals surface area contributed by atoms with Gasteiger partial charge in [-0.05, 0) is 42.7 Å². The number of likely N-dealkylation sites (tertiary alicyclic amines) is 1. The van der Waals surface area contributed by atoms with Crippen molar-refractivity contribution in [2.45, 2.75) is 23.8 Å². The number of hydrogen-bond donors (Lipinski definition) is 0. The smallest absolute Gasteiger partial charge is 0.253 e. The van der Waals surface area contributed by atoms with Crippen LogP contribution >= 0.6 is 0 Å². The van der Waals surface area contributed by atoms with Crippen molar-refractivity contribution in [2.75, 3.05) is 13.1 Å². The summed E-state index contributed by atoms with van der Waals surface area (Å²) in [6.07, 6.45) is 4.46. The van der Waals surface area contributed by atoms with E-state index in [1.165, 1.54) is 0 Å². The molecule has 150 valence electrons. The van der Waals surface area contributed by atoms with Crippen molar-refractivity contribution in [1.29, 1.82) is 0 Å². The number of hydrogen-bond acceptors (Lipinski definition) is 4. The van der Waals surface area contributed by atoms with Crippen LogP contribution in [0.4, 0.5) is 0 Å². The van der Waals surface area contributed by atoms with E-state index in [0.29, 0.717) is 31.5 Å². The number of amides is 1. The molecule has 3 aromatic rings. The molecule has 0 N–H and O–H groups in total. The van der Waals surface area contributed by atoms with Crippen molar-refractivity contribution in [2.24, 2.45) is 0 Å². The van der Waals surface area contributed by atoms with Crippen LogP contribution in [0.1, 0.15) is 28.8 Å². The summed E-state index contributed by atoms with van der Waals surface area (Å²) in [6, 6.07) is 18.4. The van der Waals surface area contributed by atoms with Crippen molar-refractivity contribution >= 4 is 15.7 Å². The highest BCUT2D eigenvalue weighted by Gasteiger charge is 2.32. The Kier molecular flexibility index (Phi) is 5.49. The van der Waals surface area contributed by atoms with Crippen molar-refractivity contribution in [3.63, 3.8) is 0 Å². The largest absolute Gasteiger partial charge is 0.339 e. The summed E-state index contributed by atoms with van der Waals surface area (Å²) in [6.45, 7) is 0.896. The molecule has 6 nitrogen and oxygen atoms in total. The topological polar surface area (TPSA) is 72.3 Å². The second-order valence-electron chi connectivity index (χ2n) is 7.29. The fraction of sp³-hybridized carbons (Fsp3) is 0.273. The Labute approximate surface area is 170 Å². The lowest BCUT2D eigenvalue weighted by molar-refractivity contribution is 0.0725. The van der Waals surface area contributed by atoms with Gasteiger partial charge in [0.1, 0.15) is 0 Å². The zero-order chi connectivity index (χ0) is 20.3. The van der Waals surface area contributed by atoms with Crippen molar-refractivity contribution in [1.82, 2.24) is 14.7 Å². The van der Waals surface area contributed by atoms with Crippen LogP contribution in [0.5, 0.6) is 0 Å². The molecule has 2 heterocycles. The van der Waals surface area contributed by atoms with Gasteiger partial charge in [-0.1, -0.05) is 36.4 Å². The second-order valence-corrected chi connectivity index (χ2v) is 9.57. The van der Waals surface area contributed by atoms with Crippen molar-refractivity contribution < 1.29 is 13.2 Å². The Morgan fingerprint density at radius 2 is 1.76 bits per heavy atom. The van der Waals surface area contributed by atoms with E-state index in [4.69, 9.17) is 0 Å². The Balaban J connectivity index is 1.41. The molecule has 1 aliphatic heterocycles. The van der Waals surface area contributed by atoms with Crippen molar-refractivity contribution in [3.05, 3.63) is 84.2 Å². The number of carbonyl (C=O) groups excluding carboxylic acids is 1. The molecular weight excluding hydrogens is 386 g/mol. The van der Waals surface area contributed by atoms with E-state index in [1.807, 2.05) is 60.8 Å². The van der Waals surface area contributed by atoms with Crippen LogP contribution < -0.4 is 0 Å². The van der Waals surface area contributed by atoms with Crippen molar-refractivity contribution in [3.8, 4) is 5.69 Å². The molecule has 29 heavy (non-hydrogen) atoms. The number of piperidine rings is 1. The Morgan fingerprint density at radius 3 is 2.45 bits per heavy atom. The molecule has 0 bridgehead atoms. The van der Waals surface area contributed by atoms with E-state index in [1.54, 1.807) is 21.8 Å². The van der Waals surface area contributed by atoms with Gasteiger partial charge < -0.3 is 4.90 Å². The third-order valence-electron chi connectivity index (χ3n) is 5.31. The number of aromatic nitrogens is 2. The molecule has 2 aromatic carbocycles. The molecule has 1 amide bonds. The van der Waals surface area contributed by atoms with Crippen LogP contribution in [0.2, 0.25) is 0 Å². The Bertz CT molecular complexity index is 1070. The zero-order valence-electron chi connectivity index (χ0n) is 16.0. The third-order valence-corrected chi connectivity index (χ3v) is 7.53. The van der Waals surface area contributed by atoms with Gasteiger partial charge in [-0.25, -0.2) is 13.1 Å². The van der Waals surface area contributed by atoms with Gasteiger partial charge >= 0.3 is 0 Å². The lowest BCUT2D eigenvalue weighted by atomic mass is 10.1. The maximum atomic E-state index is 12.9. The predicted octanol–water partition coefficient (Wildman–Crippen LogP) is 3.09. The highest BCUT2D eigenvalue weighted by molar-refractivity contribution is 7.91. The quantitative estimate of drug-likeness (QED) is 0.649. The first-order valence-electron chi connectivity index (χ1n) is 9.68. The minimum Gasteiger partial charge on any atom is -0.339 e. The number of carbonyl (C=O) groups is 1. The third kappa shape index (κ3) is 4.40. The van der Waals surface area contributed by atoms with Gasteiger partial charge in [-0.2, -0.15) is 5.10 Å². The monoisotopic (exact) mass is 409 g/mol. The van der Waals surface area contributed by atoms with Crippen LogP contribution in [-0.4, -0.2) is 47.3 Å². The summed E-state index contributed by atoms with van der Waals surface area (Å²) < 4.78 is 27.2. The predicted molar refractivity (Wildman–Crippen MR) is 112 cm³/mol. The van der Waals surface area contributed by atoms with E-state index in [0.717, 1.165) is 11.3 Å². The second kappa shape index (κ2) is 8.21. The molecule has 7 heteroatoms. The minimum absolute atomic E-state index is 0.0539. The molecule has 0 radical (unpaired) electrons. The highest BCUT2D eigenvalue weighted by Crippen LogP contribution is 2.23. The van der Waals surface area contributed by atoms with Crippen LogP contribution in [0.3, 0.4) is 0 Å². The minimum atomic E-state index is -3.24. The average Bonchev–Trinajstić information content (AvgIpc) is 3.29. The number of rotatable bonds is 5. The number of benzene rings is 2. The molecular formula is C22H23N3O3S. The molecule has 1 aliphatic rings. The van der Waals surface area contributed by atoms with E-state index >= 15 is 0 Å². The Morgan fingerprint density at radius 1 is 1.00 bits per heavy atom. The standard InChI is InChI=1S/C22H23N3O3S/c26-22(19-8-4-9-20(16-19)25-13-5-12-23-25)24-14-10-21(11-15-24)29(27,28)17-18-6-2-1-3-7-18/h1-9,12-13,16,21H,10-11,14-15,17H2. The zero-order valence-corrected chi connectivity index (χ0v) is 16.8. The summed E-state index contributed by atoms with van der Waals surface area (Å²) >= 11 is 0.